The Hall–Kier alpha value is -2.08. The topological polar surface area (TPSA) is 50.2 Å². The molecule has 0 amide bonds. The Labute approximate surface area is 119 Å². The van der Waals surface area contributed by atoms with E-state index in [1.807, 2.05) is 0 Å². The summed E-state index contributed by atoms with van der Waals surface area (Å²) < 4.78 is 126. The van der Waals surface area contributed by atoms with Crippen LogP contribution >= 0.6 is 0 Å². The van der Waals surface area contributed by atoms with Crippen molar-refractivity contribution in [1.29, 1.82) is 0 Å². The quantitative estimate of drug-likeness (QED) is 0.828. The van der Waals surface area contributed by atoms with Crippen molar-refractivity contribution in [1.82, 2.24) is 4.98 Å². The van der Waals surface area contributed by atoms with Crippen molar-refractivity contribution < 1.29 is 53.8 Å². The molecule has 0 spiro atoms. The Morgan fingerprint density at radius 3 is 1.61 bits per heavy atom. The number of carbonyl (C=O) groups is 1. The van der Waals surface area contributed by atoms with Gasteiger partial charge in [-0.15, -0.1) is 0 Å². The molecule has 1 aromatic heterocycles. The van der Waals surface area contributed by atoms with Crippen LogP contribution in [0, 0.1) is 0 Å². The van der Waals surface area contributed by atoms with Gasteiger partial charge in [-0.3, -0.25) is 0 Å². The molecule has 0 saturated heterocycles. The number of nitrogens with zero attached hydrogens (tertiary/aromatic N) is 1. The number of hydrogen-bond donors (Lipinski definition) is 1. The van der Waals surface area contributed by atoms with Crippen LogP contribution in [0.25, 0.3) is 0 Å². The second-order valence-electron chi connectivity index (χ2n) is 4.04. The van der Waals surface area contributed by atoms with Crippen molar-refractivity contribution in [3.05, 3.63) is 29.1 Å². The largest absolute Gasteiger partial charge is 0.477 e. The average Bonchev–Trinajstić information content (AvgIpc) is 2.35. The molecule has 0 unspecified atom stereocenters. The second-order valence-corrected chi connectivity index (χ2v) is 4.04. The third kappa shape index (κ3) is 3.17. The number of aromatic carboxylic acids is 1. The van der Waals surface area contributed by atoms with Gasteiger partial charge in [0.15, 0.2) is 0 Å². The summed E-state index contributed by atoms with van der Waals surface area (Å²) in [5.41, 5.74) is -7.39. The van der Waals surface area contributed by atoms with E-state index in [1.165, 1.54) is 0 Å². The van der Waals surface area contributed by atoms with E-state index < -0.39 is 53.2 Å². The van der Waals surface area contributed by atoms with Crippen molar-refractivity contribution in [2.45, 2.75) is 24.2 Å². The molecule has 1 N–H and O–H groups in total. The summed E-state index contributed by atoms with van der Waals surface area (Å²) in [6.45, 7) is 0. The number of carboxylic acids is 1. The number of hydrogen-bond acceptors (Lipinski definition) is 2. The zero-order valence-corrected chi connectivity index (χ0v) is 10.2. The van der Waals surface area contributed by atoms with E-state index in [1.54, 1.807) is 0 Å². The van der Waals surface area contributed by atoms with Crippen molar-refractivity contribution in [3.63, 3.8) is 0 Å². The molecular formula is C10H3F10NO2. The van der Waals surface area contributed by atoms with Gasteiger partial charge in [-0.25, -0.2) is 9.78 Å². The zero-order chi connectivity index (χ0) is 18.4. The predicted octanol–water partition coefficient (Wildman–Crippen LogP) is 4.09. The smallest absolute Gasteiger partial charge is 0.459 e. The van der Waals surface area contributed by atoms with E-state index in [4.69, 9.17) is 5.11 Å². The highest BCUT2D eigenvalue weighted by atomic mass is 19.4. The van der Waals surface area contributed by atoms with Crippen LogP contribution in [0.4, 0.5) is 43.9 Å². The van der Waals surface area contributed by atoms with Crippen LogP contribution in [0.15, 0.2) is 12.1 Å². The summed E-state index contributed by atoms with van der Waals surface area (Å²) in [5.74, 6) is -14.5. The van der Waals surface area contributed by atoms with Crippen LogP contribution in [-0.4, -0.2) is 28.4 Å². The Bertz CT molecular complexity index is 619. The molecule has 1 heterocycles. The fourth-order valence-corrected chi connectivity index (χ4v) is 1.36. The minimum Gasteiger partial charge on any atom is -0.477 e. The Kier molecular flexibility index (Phi) is 4.31. The average molecular weight is 359 g/mol. The van der Waals surface area contributed by atoms with Gasteiger partial charge in [0.2, 0.25) is 0 Å². The van der Waals surface area contributed by atoms with Crippen LogP contribution in [0.2, 0.25) is 0 Å². The molecule has 0 saturated carbocycles. The van der Waals surface area contributed by atoms with Gasteiger partial charge >= 0.3 is 30.2 Å². The number of pyridine rings is 1. The second kappa shape index (κ2) is 5.23. The minimum atomic E-state index is -6.58. The number of aromatic nitrogens is 1. The van der Waals surface area contributed by atoms with Crippen LogP contribution in [0.5, 0.6) is 0 Å². The highest BCUT2D eigenvalue weighted by molar-refractivity contribution is 5.85. The molecule has 0 fully saturated rings. The number of rotatable bonds is 3. The summed E-state index contributed by atoms with van der Waals surface area (Å²) in [4.78, 5) is 12.6. The highest BCUT2D eigenvalue weighted by Crippen LogP contribution is 2.51. The molecule has 0 atom stereocenters. The number of halogens is 10. The van der Waals surface area contributed by atoms with Gasteiger partial charge in [-0.05, 0) is 12.1 Å². The van der Waals surface area contributed by atoms with Gasteiger partial charge in [-0.1, -0.05) is 0 Å². The van der Waals surface area contributed by atoms with Crippen molar-refractivity contribution in [3.8, 4) is 0 Å². The molecule has 1 rings (SSSR count). The Balaban J connectivity index is 3.78. The van der Waals surface area contributed by atoms with Gasteiger partial charge in [-0.2, -0.15) is 43.9 Å². The number of alkyl halides is 10. The Morgan fingerprint density at radius 2 is 1.26 bits per heavy atom. The first-order chi connectivity index (χ1) is 10.0. The molecule has 13 heteroatoms. The maximum Gasteiger partial charge on any atom is 0.459 e. The molecule has 1 aromatic rings. The van der Waals surface area contributed by atoms with Gasteiger partial charge in [0, 0.05) is 0 Å². The molecule has 0 aliphatic rings. The minimum absolute atomic E-state index is 0.0483. The van der Waals surface area contributed by atoms with Crippen LogP contribution in [0.3, 0.4) is 0 Å². The predicted molar refractivity (Wildman–Crippen MR) is 51.1 cm³/mol. The molecule has 0 aliphatic carbocycles. The molecule has 3 nitrogen and oxygen atoms in total. The first kappa shape index (κ1) is 19.0. The van der Waals surface area contributed by atoms with Crippen LogP contribution in [-0.2, 0) is 11.8 Å². The lowest BCUT2D eigenvalue weighted by molar-refractivity contribution is -0.303. The van der Waals surface area contributed by atoms with E-state index in [9.17, 15) is 48.7 Å². The maximum absolute atomic E-state index is 13.2. The standard InChI is InChI=1S/C10H3F10NO2/c11-7(12,9(15,16)17)3-1-2-4(6(22)23)21-5(3)8(13,14)10(18,19)20/h1-2H,(H,22,23). The van der Waals surface area contributed by atoms with Crippen molar-refractivity contribution in [2.75, 3.05) is 0 Å². The fraction of sp³-hybridized carbons (Fsp3) is 0.400. The van der Waals surface area contributed by atoms with Crippen LogP contribution < -0.4 is 0 Å². The third-order valence-electron chi connectivity index (χ3n) is 2.46. The molecule has 0 aliphatic heterocycles. The van der Waals surface area contributed by atoms with E-state index in [0.717, 1.165) is 0 Å². The molecule has 0 bridgehead atoms. The summed E-state index contributed by atoms with van der Waals surface area (Å²) in [6, 6.07) is -0.536. The van der Waals surface area contributed by atoms with Gasteiger partial charge < -0.3 is 5.11 Å². The van der Waals surface area contributed by atoms with Gasteiger partial charge in [0.1, 0.15) is 11.4 Å². The summed E-state index contributed by atoms with van der Waals surface area (Å²) in [7, 11) is 0. The third-order valence-corrected chi connectivity index (χ3v) is 2.46. The van der Waals surface area contributed by atoms with Gasteiger partial charge in [0.25, 0.3) is 0 Å². The number of carboxylic acid groups (broad SMARTS) is 1. The lowest BCUT2D eigenvalue weighted by Crippen LogP contribution is -2.41. The monoisotopic (exact) mass is 359 g/mol. The first-order valence-corrected chi connectivity index (χ1v) is 5.18. The SMILES string of the molecule is O=C(O)c1ccc(C(F)(F)C(F)(F)F)c(C(F)(F)C(F)(F)F)n1. The van der Waals surface area contributed by atoms with Gasteiger partial charge in [0.05, 0.1) is 5.56 Å². The summed E-state index contributed by atoms with van der Waals surface area (Å²) in [6.07, 6.45) is -13.1. The van der Waals surface area contributed by atoms with Crippen LogP contribution in [0.1, 0.15) is 21.7 Å². The Morgan fingerprint density at radius 1 is 0.826 bits per heavy atom. The lowest BCUT2D eigenvalue weighted by atomic mass is 10.0. The summed E-state index contributed by atoms with van der Waals surface area (Å²) >= 11 is 0. The lowest BCUT2D eigenvalue weighted by Gasteiger charge is -2.26. The summed E-state index contributed by atoms with van der Waals surface area (Å²) in [5, 5.41) is 8.43. The fourth-order valence-electron chi connectivity index (χ4n) is 1.36. The van der Waals surface area contributed by atoms with Crippen molar-refractivity contribution in [2.24, 2.45) is 0 Å². The highest BCUT2D eigenvalue weighted by Gasteiger charge is 2.66. The van der Waals surface area contributed by atoms with E-state index in [-0.39, 0.29) is 6.07 Å². The molecule has 23 heavy (non-hydrogen) atoms. The molecular weight excluding hydrogens is 356 g/mol. The molecule has 0 radical (unpaired) electrons. The maximum atomic E-state index is 13.2. The molecule has 0 aromatic carbocycles. The first-order valence-electron chi connectivity index (χ1n) is 5.18. The normalized spacial score (nSPS) is 14.0. The molecule has 130 valence electrons. The van der Waals surface area contributed by atoms with Crippen molar-refractivity contribution >= 4 is 5.97 Å². The van der Waals surface area contributed by atoms with E-state index in [2.05, 4.69) is 4.98 Å². The zero-order valence-electron chi connectivity index (χ0n) is 10.2. The van der Waals surface area contributed by atoms with E-state index in [0.29, 0.717) is 0 Å². The van der Waals surface area contributed by atoms with E-state index >= 15 is 0 Å².